The normalized spacial score (nSPS) is 11.5. The topological polar surface area (TPSA) is 125 Å². The third kappa shape index (κ3) is 6.52. The molecule has 1 N–H and O–H groups in total. The van der Waals surface area contributed by atoms with E-state index in [0.29, 0.717) is 17.9 Å². The number of nitro benzene ring substituents is 1. The Kier molecular flexibility index (Phi) is 8.71. The molecule has 0 aliphatic carbocycles. The molecule has 2 aromatic rings. The summed E-state index contributed by atoms with van der Waals surface area (Å²) in [5, 5.41) is 13.4. The zero-order valence-electron chi connectivity index (χ0n) is 17.8. The number of amides is 1. The quantitative estimate of drug-likeness (QED) is 0.246. The number of Topliss-reactive ketones (excluding diaryl/α,β-unsaturated/α-hetero) is 1. The van der Waals surface area contributed by atoms with Crippen LogP contribution in [-0.2, 0) is 9.53 Å². The molecule has 1 atom stereocenters. The van der Waals surface area contributed by atoms with Gasteiger partial charge in [-0.25, -0.2) is 4.79 Å². The Morgan fingerprint density at radius 3 is 2.28 bits per heavy atom. The second-order valence-electron chi connectivity index (χ2n) is 7.11. The summed E-state index contributed by atoms with van der Waals surface area (Å²) in [4.78, 5) is 47.7. The second-order valence-corrected chi connectivity index (χ2v) is 7.51. The van der Waals surface area contributed by atoms with Crippen molar-refractivity contribution in [3.8, 4) is 5.75 Å². The number of hydrogen-bond acceptors (Lipinski definition) is 7. The lowest BCUT2D eigenvalue weighted by Crippen LogP contribution is -2.45. The van der Waals surface area contributed by atoms with Gasteiger partial charge < -0.3 is 14.8 Å². The number of hydrogen-bond donors (Lipinski definition) is 1. The average molecular weight is 463 g/mol. The van der Waals surface area contributed by atoms with Gasteiger partial charge in [0, 0.05) is 17.2 Å². The van der Waals surface area contributed by atoms with Crippen LogP contribution < -0.4 is 10.1 Å². The number of nitro groups is 1. The highest BCUT2D eigenvalue weighted by atomic mass is 35.5. The van der Waals surface area contributed by atoms with E-state index in [2.05, 4.69) is 5.32 Å². The van der Waals surface area contributed by atoms with Gasteiger partial charge in [0.15, 0.2) is 12.4 Å². The third-order valence-corrected chi connectivity index (χ3v) is 4.76. The summed E-state index contributed by atoms with van der Waals surface area (Å²) in [6, 6.07) is 8.91. The molecule has 9 nitrogen and oxygen atoms in total. The lowest BCUT2D eigenvalue weighted by molar-refractivity contribution is -0.384. The smallest absolute Gasteiger partial charge is 0.329 e. The Hall–Kier alpha value is -3.46. The van der Waals surface area contributed by atoms with Crippen molar-refractivity contribution in [2.45, 2.75) is 26.8 Å². The van der Waals surface area contributed by atoms with Crippen molar-refractivity contribution in [1.29, 1.82) is 0 Å². The van der Waals surface area contributed by atoms with E-state index in [9.17, 15) is 24.5 Å². The highest BCUT2D eigenvalue weighted by Crippen LogP contribution is 2.25. The molecular weight excluding hydrogens is 440 g/mol. The van der Waals surface area contributed by atoms with Crippen molar-refractivity contribution in [3.63, 3.8) is 0 Å². The molecular formula is C22H23ClN2O7. The SMILES string of the molecule is CCOc1ccc(C(=O)COC(=O)[C@@H](NC(=O)c2ccc(Cl)c([N+](=O)[O-])c2)C(C)C)cc1. The Labute approximate surface area is 189 Å². The van der Waals surface area contributed by atoms with Crippen LogP contribution in [0.3, 0.4) is 0 Å². The number of nitrogens with one attached hydrogen (secondary N) is 1. The summed E-state index contributed by atoms with van der Waals surface area (Å²) < 4.78 is 10.4. The highest BCUT2D eigenvalue weighted by Gasteiger charge is 2.28. The zero-order chi connectivity index (χ0) is 23.8. The van der Waals surface area contributed by atoms with Crippen LogP contribution in [0.2, 0.25) is 5.02 Å². The Balaban J connectivity index is 2.03. The van der Waals surface area contributed by atoms with Crippen molar-refractivity contribution < 1.29 is 28.8 Å². The highest BCUT2D eigenvalue weighted by molar-refractivity contribution is 6.32. The maximum atomic E-state index is 12.5. The molecule has 0 aliphatic heterocycles. The first-order valence-corrected chi connectivity index (χ1v) is 10.2. The van der Waals surface area contributed by atoms with E-state index < -0.39 is 40.9 Å². The zero-order valence-corrected chi connectivity index (χ0v) is 18.5. The fourth-order valence-electron chi connectivity index (χ4n) is 2.73. The summed E-state index contributed by atoms with van der Waals surface area (Å²) in [6.07, 6.45) is 0. The molecule has 2 rings (SSSR count). The average Bonchev–Trinajstić information content (AvgIpc) is 2.76. The molecule has 0 saturated heterocycles. The Morgan fingerprint density at radius 2 is 1.72 bits per heavy atom. The van der Waals surface area contributed by atoms with E-state index in [1.54, 1.807) is 38.1 Å². The van der Waals surface area contributed by atoms with Crippen molar-refractivity contribution in [3.05, 3.63) is 68.7 Å². The van der Waals surface area contributed by atoms with Crippen LogP contribution in [0.1, 0.15) is 41.5 Å². The molecule has 2 aromatic carbocycles. The minimum absolute atomic E-state index is 0.0370. The summed E-state index contributed by atoms with van der Waals surface area (Å²) in [5.74, 6) is -1.67. The van der Waals surface area contributed by atoms with Crippen LogP contribution in [0, 0.1) is 16.0 Å². The fourth-order valence-corrected chi connectivity index (χ4v) is 2.92. The predicted octanol–water partition coefficient (Wildman–Crippen LogP) is 3.83. The van der Waals surface area contributed by atoms with Crippen LogP contribution in [-0.4, -0.2) is 41.8 Å². The van der Waals surface area contributed by atoms with E-state index in [1.807, 2.05) is 6.92 Å². The number of carbonyl (C=O) groups is 3. The molecule has 0 unspecified atom stereocenters. The third-order valence-electron chi connectivity index (χ3n) is 4.45. The van der Waals surface area contributed by atoms with Crippen LogP contribution in [0.5, 0.6) is 5.75 Å². The van der Waals surface area contributed by atoms with E-state index in [0.717, 1.165) is 6.07 Å². The molecule has 0 aliphatic rings. The number of rotatable bonds is 10. The van der Waals surface area contributed by atoms with Gasteiger partial charge in [-0.15, -0.1) is 0 Å². The molecule has 10 heteroatoms. The number of ketones is 1. The maximum absolute atomic E-state index is 12.5. The number of ether oxygens (including phenoxy) is 2. The van der Waals surface area contributed by atoms with Crippen molar-refractivity contribution in [1.82, 2.24) is 5.32 Å². The summed E-state index contributed by atoms with van der Waals surface area (Å²) >= 11 is 5.76. The van der Waals surface area contributed by atoms with Gasteiger partial charge in [-0.1, -0.05) is 25.4 Å². The van der Waals surface area contributed by atoms with E-state index in [4.69, 9.17) is 21.1 Å². The summed E-state index contributed by atoms with van der Waals surface area (Å²) in [5.41, 5.74) is -0.117. The number of carbonyl (C=O) groups excluding carboxylic acids is 3. The Bertz CT molecular complexity index is 1010. The van der Waals surface area contributed by atoms with Gasteiger partial charge in [0.05, 0.1) is 11.5 Å². The number of esters is 1. The van der Waals surface area contributed by atoms with E-state index in [-0.39, 0.29) is 16.5 Å². The molecule has 0 spiro atoms. The van der Waals surface area contributed by atoms with Gasteiger partial charge >= 0.3 is 5.97 Å². The molecule has 170 valence electrons. The maximum Gasteiger partial charge on any atom is 0.329 e. The van der Waals surface area contributed by atoms with Gasteiger partial charge in [-0.2, -0.15) is 0 Å². The van der Waals surface area contributed by atoms with Crippen LogP contribution in [0.25, 0.3) is 0 Å². The van der Waals surface area contributed by atoms with Crippen molar-refractivity contribution in [2.24, 2.45) is 5.92 Å². The first kappa shape index (κ1) is 24.8. The van der Waals surface area contributed by atoms with Gasteiger partial charge in [-0.3, -0.25) is 19.7 Å². The molecule has 1 amide bonds. The summed E-state index contributed by atoms with van der Waals surface area (Å²) in [7, 11) is 0. The first-order valence-electron chi connectivity index (χ1n) is 9.81. The molecule has 0 radical (unpaired) electrons. The minimum Gasteiger partial charge on any atom is -0.494 e. The molecule has 0 aromatic heterocycles. The molecule has 0 bridgehead atoms. The van der Waals surface area contributed by atoms with Crippen LogP contribution >= 0.6 is 11.6 Å². The van der Waals surface area contributed by atoms with Crippen molar-refractivity contribution in [2.75, 3.05) is 13.2 Å². The fraction of sp³-hybridized carbons (Fsp3) is 0.318. The molecule has 0 heterocycles. The van der Waals surface area contributed by atoms with Gasteiger partial charge in [0.2, 0.25) is 0 Å². The van der Waals surface area contributed by atoms with Crippen LogP contribution in [0.15, 0.2) is 42.5 Å². The standard InChI is InChI=1S/C22H23ClN2O7/c1-4-31-16-8-5-14(6-9-16)19(26)12-32-22(28)20(13(2)3)24-21(27)15-7-10-17(23)18(11-15)25(29)30/h5-11,13,20H,4,12H2,1-3H3,(H,24,27)/t20-/m0/s1. The molecule has 32 heavy (non-hydrogen) atoms. The van der Waals surface area contributed by atoms with Gasteiger partial charge in [0.25, 0.3) is 11.6 Å². The van der Waals surface area contributed by atoms with Crippen molar-refractivity contribution >= 4 is 34.9 Å². The minimum atomic E-state index is -1.06. The molecule has 0 fully saturated rings. The number of nitrogens with zero attached hydrogens (tertiary/aromatic N) is 1. The van der Waals surface area contributed by atoms with E-state index in [1.165, 1.54) is 12.1 Å². The number of benzene rings is 2. The largest absolute Gasteiger partial charge is 0.494 e. The lowest BCUT2D eigenvalue weighted by Gasteiger charge is -2.20. The predicted molar refractivity (Wildman–Crippen MR) is 117 cm³/mol. The lowest BCUT2D eigenvalue weighted by atomic mass is 10.0. The van der Waals surface area contributed by atoms with Gasteiger partial charge in [-0.05, 0) is 49.2 Å². The van der Waals surface area contributed by atoms with Gasteiger partial charge in [0.1, 0.15) is 16.8 Å². The number of halogens is 1. The molecule has 0 saturated carbocycles. The monoisotopic (exact) mass is 462 g/mol. The summed E-state index contributed by atoms with van der Waals surface area (Å²) in [6.45, 7) is 5.21. The Morgan fingerprint density at radius 1 is 1.09 bits per heavy atom. The first-order chi connectivity index (χ1) is 15.1. The second kappa shape index (κ2) is 11.2. The van der Waals surface area contributed by atoms with Crippen LogP contribution in [0.4, 0.5) is 5.69 Å². The van der Waals surface area contributed by atoms with E-state index >= 15 is 0 Å².